The summed E-state index contributed by atoms with van der Waals surface area (Å²) in [6.07, 6.45) is 1.66. The summed E-state index contributed by atoms with van der Waals surface area (Å²) in [5, 5.41) is 4.36. The Balaban J connectivity index is 1.52. The van der Waals surface area contributed by atoms with Crippen molar-refractivity contribution in [2.45, 2.75) is 13.8 Å². The smallest absolute Gasteiger partial charge is 0.272 e. The molecule has 2 aromatic carbocycles. The number of pyridine rings is 1. The summed E-state index contributed by atoms with van der Waals surface area (Å²) in [5.74, 6) is -0.0511. The van der Waals surface area contributed by atoms with Crippen molar-refractivity contribution in [3.8, 4) is 10.6 Å². The molecule has 29 heavy (non-hydrogen) atoms. The molecular weight excluding hydrogens is 380 g/mol. The number of nitrogens with zero attached hydrogens (tertiary/aromatic N) is 3. The summed E-state index contributed by atoms with van der Waals surface area (Å²) in [7, 11) is 0. The molecule has 0 atom stereocenters. The summed E-state index contributed by atoms with van der Waals surface area (Å²) in [6, 6.07) is 20.0. The van der Waals surface area contributed by atoms with Crippen LogP contribution in [0.1, 0.15) is 24.3 Å². The number of amides is 1. The number of hydrogen-bond donors (Lipinski definition) is 1. The third kappa shape index (κ3) is 4.12. The second-order valence-electron chi connectivity index (χ2n) is 6.60. The van der Waals surface area contributed by atoms with Gasteiger partial charge in [-0.1, -0.05) is 12.1 Å². The van der Waals surface area contributed by atoms with Crippen molar-refractivity contribution in [2.75, 3.05) is 18.4 Å². The van der Waals surface area contributed by atoms with Crippen molar-refractivity contribution < 1.29 is 4.79 Å². The Kier molecular flexibility index (Phi) is 5.53. The van der Waals surface area contributed by atoms with Gasteiger partial charge in [-0.2, -0.15) is 0 Å². The van der Waals surface area contributed by atoms with E-state index in [2.05, 4.69) is 28.5 Å². The van der Waals surface area contributed by atoms with Gasteiger partial charge in [0.2, 0.25) is 0 Å². The minimum atomic E-state index is -0.0511. The lowest BCUT2D eigenvalue weighted by Crippen LogP contribution is -2.31. The van der Waals surface area contributed by atoms with E-state index in [9.17, 15) is 4.79 Å². The molecule has 4 rings (SSSR count). The quantitative estimate of drug-likeness (QED) is 0.457. The first-order valence-electron chi connectivity index (χ1n) is 9.66. The zero-order valence-corrected chi connectivity index (χ0v) is 17.2. The second kappa shape index (κ2) is 8.41. The zero-order valence-electron chi connectivity index (χ0n) is 16.4. The van der Waals surface area contributed by atoms with E-state index in [0.717, 1.165) is 27.5 Å². The van der Waals surface area contributed by atoms with Crippen LogP contribution in [0.2, 0.25) is 0 Å². The fourth-order valence-electron chi connectivity index (χ4n) is 3.16. The molecule has 4 aromatic rings. The number of nitrogens with one attached hydrogen (secondary N) is 1. The van der Waals surface area contributed by atoms with Crippen LogP contribution in [0.4, 0.5) is 11.4 Å². The van der Waals surface area contributed by atoms with Gasteiger partial charge in [0.1, 0.15) is 10.7 Å². The molecule has 0 aliphatic heterocycles. The Morgan fingerprint density at radius 1 is 1.00 bits per heavy atom. The molecule has 1 N–H and O–H groups in total. The van der Waals surface area contributed by atoms with Gasteiger partial charge in [0.15, 0.2) is 0 Å². The van der Waals surface area contributed by atoms with E-state index < -0.39 is 0 Å². The molecule has 1 amide bonds. The molecule has 0 saturated carbocycles. The highest BCUT2D eigenvalue weighted by atomic mass is 32.1. The molecule has 0 unspecified atom stereocenters. The first-order chi connectivity index (χ1) is 14.2. The number of benzene rings is 2. The molecule has 0 aliphatic carbocycles. The highest BCUT2D eigenvalue weighted by Crippen LogP contribution is 2.31. The molecule has 0 bridgehead atoms. The standard InChI is InChI=1S/C23H22N4OS/c1-3-27(4-2)23(28)20-15-18(13-14-24-20)25-17-11-9-16(10-12-17)22-26-19-7-5-6-8-21(19)29-22/h5-15H,3-4H2,1-2H3,(H,24,25). The Labute approximate surface area is 174 Å². The van der Waals surface area contributed by atoms with Crippen LogP contribution in [0.25, 0.3) is 20.8 Å². The van der Waals surface area contributed by atoms with Crippen LogP contribution in [0.3, 0.4) is 0 Å². The molecule has 6 heteroatoms. The van der Waals surface area contributed by atoms with Crippen molar-refractivity contribution in [1.82, 2.24) is 14.9 Å². The number of carbonyl (C=O) groups excluding carboxylic acids is 1. The van der Waals surface area contributed by atoms with E-state index in [1.165, 1.54) is 4.70 Å². The number of carbonyl (C=O) groups is 1. The Hall–Kier alpha value is -3.25. The minimum Gasteiger partial charge on any atom is -0.355 e. The fraction of sp³-hybridized carbons (Fsp3) is 0.174. The largest absolute Gasteiger partial charge is 0.355 e. The predicted molar refractivity (Wildman–Crippen MR) is 120 cm³/mol. The van der Waals surface area contributed by atoms with Gasteiger partial charge in [-0.05, 0) is 62.4 Å². The number of anilines is 2. The molecule has 0 saturated heterocycles. The van der Waals surface area contributed by atoms with Crippen molar-refractivity contribution in [3.05, 3.63) is 72.6 Å². The molecule has 2 aromatic heterocycles. The van der Waals surface area contributed by atoms with Crippen LogP contribution in [-0.2, 0) is 0 Å². The van der Waals surface area contributed by atoms with E-state index in [-0.39, 0.29) is 5.91 Å². The van der Waals surface area contributed by atoms with Crippen LogP contribution in [0, 0.1) is 0 Å². The Bertz CT molecular complexity index is 1100. The zero-order chi connectivity index (χ0) is 20.2. The highest BCUT2D eigenvalue weighted by Gasteiger charge is 2.14. The van der Waals surface area contributed by atoms with Crippen LogP contribution >= 0.6 is 11.3 Å². The van der Waals surface area contributed by atoms with Gasteiger partial charge in [-0.15, -0.1) is 11.3 Å². The maximum atomic E-state index is 12.5. The molecule has 0 spiro atoms. The van der Waals surface area contributed by atoms with Crippen molar-refractivity contribution in [2.24, 2.45) is 0 Å². The monoisotopic (exact) mass is 402 g/mol. The van der Waals surface area contributed by atoms with Gasteiger partial charge >= 0.3 is 0 Å². The summed E-state index contributed by atoms with van der Waals surface area (Å²) >= 11 is 1.69. The van der Waals surface area contributed by atoms with Crippen LogP contribution < -0.4 is 5.32 Å². The number of rotatable bonds is 6. The topological polar surface area (TPSA) is 58.1 Å². The predicted octanol–water partition coefficient (Wildman–Crippen LogP) is 5.58. The lowest BCUT2D eigenvalue weighted by Gasteiger charge is -2.18. The van der Waals surface area contributed by atoms with E-state index in [0.29, 0.717) is 18.8 Å². The highest BCUT2D eigenvalue weighted by molar-refractivity contribution is 7.21. The van der Waals surface area contributed by atoms with Gasteiger partial charge in [0.05, 0.1) is 10.2 Å². The Morgan fingerprint density at radius 2 is 1.76 bits per heavy atom. The molecule has 2 heterocycles. The number of aromatic nitrogens is 2. The number of hydrogen-bond acceptors (Lipinski definition) is 5. The van der Waals surface area contributed by atoms with Crippen LogP contribution in [-0.4, -0.2) is 33.9 Å². The number of thiazole rings is 1. The molecule has 5 nitrogen and oxygen atoms in total. The normalized spacial score (nSPS) is 10.8. The third-order valence-electron chi connectivity index (χ3n) is 4.74. The molecular formula is C23H22N4OS. The minimum absolute atomic E-state index is 0.0511. The SMILES string of the molecule is CCN(CC)C(=O)c1cc(Nc2ccc(-c3nc4ccccc4s3)cc2)ccn1. The molecule has 0 fully saturated rings. The van der Waals surface area contributed by atoms with Crippen molar-refractivity contribution >= 4 is 38.8 Å². The van der Waals surface area contributed by atoms with Crippen molar-refractivity contribution in [1.29, 1.82) is 0 Å². The van der Waals surface area contributed by atoms with E-state index >= 15 is 0 Å². The average Bonchev–Trinajstić information content (AvgIpc) is 3.19. The van der Waals surface area contributed by atoms with Gasteiger partial charge in [0, 0.05) is 36.2 Å². The summed E-state index contributed by atoms with van der Waals surface area (Å²) < 4.78 is 1.19. The van der Waals surface area contributed by atoms with E-state index in [4.69, 9.17) is 4.98 Å². The lowest BCUT2D eigenvalue weighted by molar-refractivity contribution is 0.0767. The number of para-hydroxylation sites is 1. The van der Waals surface area contributed by atoms with Gasteiger partial charge in [0.25, 0.3) is 5.91 Å². The molecule has 0 aliphatic rings. The van der Waals surface area contributed by atoms with Gasteiger partial charge < -0.3 is 10.2 Å². The van der Waals surface area contributed by atoms with E-state index in [1.807, 2.05) is 50.2 Å². The summed E-state index contributed by atoms with van der Waals surface area (Å²) in [5.41, 5.74) is 4.34. The lowest BCUT2D eigenvalue weighted by atomic mass is 10.2. The average molecular weight is 403 g/mol. The van der Waals surface area contributed by atoms with Gasteiger partial charge in [-0.25, -0.2) is 4.98 Å². The summed E-state index contributed by atoms with van der Waals surface area (Å²) in [4.78, 5) is 23.2. The number of fused-ring (bicyclic) bond motifs is 1. The van der Waals surface area contributed by atoms with Crippen LogP contribution in [0.15, 0.2) is 66.9 Å². The van der Waals surface area contributed by atoms with Gasteiger partial charge in [-0.3, -0.25) is 9.78 Å². The van der Waals surface area contributed by atoms with Crippen molar-refractivity contribution in [3.63, 3.8) is 0 Å². The molecule has 146 valence electrons. The maximum absolute atomic E-state index is 12.5. The third-order valence-corrected chi connectivity index (χ3v) is 5.83. The van der Waals surface area contributed by atoms with E-state index in [1.54, 1.807) is 28.5 Å². The van der Waals surface area contributed by atoms with Crippen LogP contribution in [0.5, 0.6) is 0 Å². The summed E-state index contributed by atoms with van der Waals surface area (Å²) in [6.45, 7) is 5.27. The molecule has 0 radical (unpaired) electrons. The first-order valence-corrected chi connectivity index (χ1v) is 10.5. The first kappa shape index (κ1) is 19.1. The second-order valence-corrected chi connectivity index (χ2v) is 7.63. The Morgan fingerprint density at radius 3 is 2.48 bits per heavy atom. The fourth-order valence-corrected chi connectivity index (χ4v) is 4.13. The maximum Gasteiger partial charge on any atom is 0.272 e.